The summed E-state index contributed by atoms with van der Waals surface area (Å²) in [5.74, 6) is 1.67. The third-order valence-electron chi connectivity index (χ3n) is 2.37. The highest BCUT2D eigenvalue weighted by atomic mass is 79.9. The van der Waals surface area contributed by atoms with E-state index in [9.17, 15) is 0 Å². The van der Waals surface area contributed by atoms with Crippen molar-refractivity contribution in [2.24, 2.45) is 0 Å². The van der Waals surface area contributed by atoms with Crippen LogP contribution in [-0.4, -0.2) is 17.1 Å². The van der Waals surface area contributed by atoms with Gasteiger partial charge in [-0.15, -0.1) is 0 Å². The molecule has 0 aliphatic heterocycles. The van der Waals surface area contributed by atoms with E-state index in [2.05, 4.69) is 25.9 Å². The predicted molar refractivity (Wildman–Crippen MR) is 77.0 cm³/mol. The fourth-order valence-corrected chi connectivity index (χ4v) is 2.74. The average molecular weight is 325 g/mol. The molecule has 0 spiro atoms. The Kier molecular flexibility index (Phi) is 4.60. The second kappa shape index (κ2) is 6.20. The molecule has 1 aromatic carbocycles. The van der Waals surface area contributed by atoms with Crippen LogP contribution < -0.4 is 4.74 Å². The highest BCUT2D eigenvalue weighted by Gasteiger charge is 2.04. The Hall–Kier alpha value is -1.07. The number of methoxy groups -OCH3 is 1. The van der Waals surface area contributed by atoms with Gasteiger partial charge in [-0.05, 0) is 36.2 Å². The maximum atomic E-state index is 5.22. The average Bonchev–Trinajstić information content (AvgIpc) is 2.40. The molecule has 0 aliphatic carbocycles. The quantitative estimate of drug-likeness (QED) is 0.632. The number of halogens is 1. The summed E-state index contributed by atoms with van der Waals surface area (Å²) >= 11 is 5.14. The third-order valence-corrected chi connectivity index (χ3v) is 4.06. The van der Waals surface area contributed by atoms with E-state index in [1.807, 2.05) is 37.5 Å². The van der Waals surface area contributed by atoms with Crippen molar-refractivity contribution in [2.45, 2.75) is 17.8 Å². The lowest BCUT2D eigenvalue weighted by Crippen LogP contribution is -1.90. The Morgan fingerprint density at radius 2 is 2.00 bits per heavy atom. The Morgan fingerprint density at radius 1 is 1.28 bits per heavy atom. The molecule has 0 atom stereocenters. The topological polar surface area (TPSA) is 35.0 Å². The van der Waals surface area contributed by atoms with Crippen LogP contribution >= 0.6 is 27.7 Å². The standard InChI is InChI=1S/C13H13BrN2OS/c1-9-6-15-13(16-7-9)18-8-10-5-11(17-2)3-4-12(10)14/h3-7H,8H2,1-2H3. The summed E-state index contributed by atoms with van der Waals surface area (Å²) in [6.45, 7) is 1.98. The first-order chi connectivity index (χ1) is 8.69. The second-order valence-electron chi connectivity index (χ2n) is 3.79. The molecule has 0 unspecified atom stereocenters. The van der Waals surface area contributed by atoms with Crippen molar-refractivity contribution in [3.63, 3.8) is 0 Å². The van der Waals surface area contributed by atoms with Gasteiger partial charge >= 0.3 is 0 Å². The van der Waals surface area contributed by atoms with Gasteiger partial charge in [-0.3, -0.25) is 0 Å². The zero-order valence-electron chi connectivity index (χ0n) is 10.2. The van der Waals surface area contributed by atoms with Crippen LogP contribution in [0.15, 0.2) is 40.2 Å². The monoisotopic (exact) mass is 324 g/mol. The van der Waals surface area contributed by atoms with Crippen molar-refractivity contribution >= 4 is 27.7 Å². The van der Waals surface area contributed by atoms with Crippen molar-refractivity contribution in [3.05, 3.63) is 46.2 Å². The normalized spacial score (nSPS) is 10.4. The van der Waals surface area contributed by atoms with Gasteiger partial charge in [-0.25, -0.2) is 9.97 Å². The van der Waals surface area contributed by atoms with E-state index in [1.165, 1.54) is 5.56 Å². The molecule has 0 bridgehead atoms. The minimum Gasteiger partial charge on any atom is -0.497 e. The van der Waals surface area contributed by atoms with Gasteiger partial charge in [-0.2, -0.15) is 0 Å². The lowest BCUT2D eigenvalue weighted by Gasteiger charge is -2.06. The first-order valence-electron chi connectivity index (χ1n) is 5.43. The molecule has 1 aromatic heterocycles. The fraction of sp³-hybridized carbons (Fsp3) is 0.231. The van der Waals surface area contributed by atoms with Crippen molar-refractivity contribution in [1.29, 1.82) is 0 Å². The summed E-state index contributed by atoms with van der Waals surface area (Å²) < 4.78 is 6.29. The number of nitrogens with zero attached hydrogens (tertiary/aromatic N) is 2. The molecule has 5 heteroatoms. The van der Waals surface area contributed by atoms with Crippen molar-refractivity contribution in [3.8, 4) is 5.75 Å². The Labute approximate surface area is 119 Å². The molecule has 0 N–H and O–H groups in total. The van der Waals surface area contributed by atoms with Gasteiger partial charge in [-0.1, -0.05) is 27.7 Å². The van der Waals surface area contributed by atoms with Crippen LogP contribution in [0.3, 0.4) is 0 Å². The van der Waals surface area contributed by atoms with Crippen LogP contribution in [0.5, 0.6) is 5.75 Å². The van der Waals surface area contributed by atoms with Crippen molar-refractivity contribution in [1.82, 2.24) is 9.97 Å². The summed E-state index contributed by atoms with van der Waals surface area (Å²) in [4.78, 5) is 8.54. The van der Waals surface area contributed by atoms with E-state index in [-0.39, 0.29) is 0 Å². The summed E-state index contributed by atoms with van der Waals surface area (Å²) in [5, 5.41) is 0.787. The molecular weight excluding hydrogens is 312 g/mol. The lowest BCUT2D eigenvalue weighted by molar-refractivity contribution is 0.414. The van der Waals surface area contributed by atoms with Gasteiger partial charge in [0.05, 0.1) is 7.11 Å². The summed E-state index contributed by atoms with van der Waals surface area (Å²) in [7, 11) is 1.67. The van der Waals surface area contributed by atoms with E-state index >= 15 is 0 Å². The van der Waals surface area contributed by atoms with Crippen LogP contribution in [0.4, 0.5) is 0 Å². The van der Waals surface area contributed by atoms with E-state index in [1.54, 1.807) is 18.9 Å². The zero-order valence-corrected chi connectivity index (χ0v) is 12.6. The smallest absolute Gasteiger partial charge is 0.187 e. The predicted octanol–water partition coefficient (Wildman–Crippen LogP) is 3.85. The first-order valence-corrected chi connectivity index (χ1v) is 7.21. The molecule has 0 saturated carbocycles. The number of hydrogen-bond donors (Lipinski definition) is 0. The van der Waals surface area contributed by atoms with Gasteiger partial charge in [0.25, 0.3) is 0 Å². The molecule has 2 rings (SSSR count). The molecule has 0 saturated heterocycles. The maximum Gasteiger partial charge on any atom is 0.187 e. The SMILES string of the molecule is COc1ccc(Br)c(CSc2ncc(C)cn2)c1. The molecule has 1 heterocycles. The van der Waals surface area contributed by atoms with Gasteiger partial charge in [0.15, 0.2) is 5.16 Å². The van der Waals surface area contributed by atoms with E-state index in [4.69, 9.17) is 4.74 Å². The Bertz CT molecular complexity index is 531. The van der Waals surface area contributed by atoms with Crippen LogP contribution in [0, 0.1) is 6.92 Å². The van der Waals surface area contributed by atoms with Gasteiger partial charge in [0.2, 0.25) is 0 Å². The zero-order chi connectivity index (χ0) is 13.0. The fourth-order valence-electron chi connectivity index (χ4n) is 1.39. The van der Waals surface area contributed by atoms with Gasteiger partial charge in [0, 0.05) is 22.6 Å². The second-order valence-corrected chi connectivity index (χ2v) is 5.59. The maximum absolute atomic E-state index is 5.22. The highest BCUT2D eigenvalue weighted by molar-refractivity contribution is 9.10. The molecule has 3 nitrogen and oxygen atoms in total. The third kappa shape index (κ3) is 3.46. The van der Waals surface area contributed by atoms with E-state index in [0.29, 0.717) is 0 Å². The van der Waals surface area contributed by atoms with Gasteiger partial charge in [0.1, 0.15) is 5.75 Å². The molecular formula is C13H13BrN2OS. The molecule has 18 heavy (non-hydrogen) atoms. The minimum atomic E-state index is 0.787. The van der Waals surface area contributed by atoms with Crippen LogP contribution in [0.1, 0.15) is 11.1 Å². The largest absolute Gasteiger partial charge is 0.497 e. The summed E-state index contributed by atoms with van der Waals surface area (Å²) in [6.07, 6.45) is 3.66. The first kappa shape index (κ1) is 13.4. The number of benzene rings is 1. The van der Waals surface area contributed by atoms with Crippen molar-refractivity contribution in [2.75, 3.05) is 7.11 Å². The van der Waals surface area contributed by atoms with Gasteiger partial charge < -0.3 is 4.74 Å². The minimum absolute atomic E-state index is 0.787. The molecule has 0 aliphatic rings. The van der Waals surface area contributed by atoms with Crippen LogP contribution in [0.2, 0.25) is 0 Å². The molecule has 0 fully saturated rings. The lowest BCUT2D eigenvalue weighted by atomic mass is 10.2. The number of aryl methyl sites for hydroxylation is 1. The molecule has 2 aromatic rings. The van der Waals surface area contributed by atoms with Crippen LogP contribution in [0.25, 0.3) is 0 Å². The number of aromatic nitrogens is 2. The van der Waals surface area contributed by atoms with Crippen molar-refractivity contribution < 1.29 is 4.74 Å². The highest BCUT2D eigenvalue weighted by Crippen LogP contribution is 2.28. The molecule has 0 amide bonds. The number of rotatable bonds is 4. The summed E-state index contributed by atoms with van der Waals surface area (Å²) in [5.41, 5.74) is 2.24. The number of hydrogen-bond acceptors (Lipinski definition) is 4. The van der Waals surface area contributed by atoms with Crippen LogP contribution in [-0.2, 0) is 5.75 Å². The molecule has 94 valence electrons. The van der Waals surface area contributed by atoms with E-state index in [0.717, 1.165) is 26.7 Å². The Balaban J connectivity index is 2.07. The van der Waals surface area contributed by atoms with E-state index < -0.39 is 0 Å². The molecule has 0 radical (unpaired) electrons. The summed E-state index contributed by atoms with van der Waals surface area (Å²) in [6, 6.07) is 5.94. The number of ether oxygens (including phenoxy) is 1. The Morgan fingerprint density at radius 3 is 2.67 bits per heavy atom. The number of thioether (sulfide) groups is 1.